The van der Waals surface area contributed by atoms with E-state index in [1.54, 1.807) is 6.92 Å². The molecule has 0 aromatic heterocycles. The normalized spacial score (nSPS) is 12.9. The third-order valence-corrected chi connectivity index (χ3v) is 3.53. The van der Waals surface area contributed by atoms with Gasteiger partial charge in [-0.15, -0.1) is 0 Å². The van der Waals surface area contributed by atoms with Gasteiger partial charge in [0.05, 0.1) is 6.10 Å². The average Bonchev–Trinajstić information content (AvgIpc) is 2.41. The van der Waals surface area contributed by atoms with Gasteiger partial charge in [-0.25, -0.2) is 5.09 Å². The third-order valence-electron chi connectivity index (χ3n) is 1.94. The lowest BCUT2D eigenvalue weighted by Gasteiger charge is -2.19. The number of hydrogen-bond donors (Lipinski definition) is 2. The standard InChI is InChI=1S/C12H18NO3PS.C2H6/c1-9(2)15-12(14)10(3)13-17(18)16-11-7-5-4-6-8-11;1-2/h4-10,13,18H,1-3H3;1-2H3. The summed E-state index contributed by atoms with van der Waals surface area (Å²) in [4.78, 5) is 11.6. The molecule has 2 unspecified atom stereocenters. The average molecular weight is 317 g/mol. The highest BCUT2D eigenvalue weighted by Gasteiger charge is 2.19. The quantitative estimate of drug-likeness (QED) is 0.469. The van der Waals surface area contributed by atoms with Gasteiger partial charge in [0.25, 0.3) is 0 Å². The van der Waals surface area contributed by atoms with Gasteiger partial charge in [0.2, 0.25) is 7.50 Å². The fourth-order valence-corrected chi connectivity index (χ4v) is 2.77. The van der Waals surface area contributed by atoms with Crippen LogP contribution in [0.2, 0.25) is 0 Å². The lowest BCUT2D eigenvalue weighted by Crippen LogP contribution is -2.33. The minimum absolute atomic E-state index is 0.122. The number of carbonyl (C=O) groups excluding carboxylic acids is 1. The van der Waals surface area contributed by atoms with Gasteiger partial charge in [-0.2, -0.15) is 0 Å². The fraction of sp³-hybridized carbons (Fsp3) is 0.500. The molecule has 0 saturated carbocycles. The van der Waals surface area contributed by atoms with E-state index >= 15 is 0 Å². The number of benzene rings is 1. The maximum atomic E-state index is 11.6. The minimum Gasteiger partial charge on any atom is -0.462 e. The first kappa shape index (κ1) is 19.2. The van der Waals surface area contributed by atoms with Gasteiger partial charge in [-0.3, -0.25) is 4.79 Å². The number of rotatable bonds is 6. The highest BCUT2D eigenvalue weighted by Crippen LogP contribution is 2.38. The molecule has 4 nitrogen and oxygen atoms in total. The van der Waals surface area contributed by atoms with Crippen LogP contribution < -0.4 is 9.61 Å². The molecule has 0 aliphatic rings. The van der Waals surface area contributed by atoms with Gasteiger partial charge in [-0.05, 0) is 32.9 Å². The summed E-state index contributed by atoms with van der Waals surface area (Å²) in [5.41, 5.74) is 0. The molecule has 0 aliphatic carbocycles. The lowest BCUT2D eigenvalue weighted by atomic mass is 10.3. The monoisotopic (exact) mass is 317 g/mol. The fourth-order valence-electron chi connectivity index (χ4n) is 1.16. The van der Waals surface area contributed by atoms with E-state index in [1.807, 2.05) is 58.0 Å². The Morgan fingerprint density at radius 1 is 1.20 bits per heavy atom. The highest BCUT2D eigenvalue weighted by atomic mass is 32.7. The van der Waals surface area contributed by atoms with Crippen LogP contribution in [0.4, 0.5) is 0 Å². The molecule has 0 spiro atoms. The Morgan fingerprint density at radius 2 is 1.75 bits per heavy atom. The molecule has 2 atom stereocenters. The minimum atomic E-state index is -1.21. The zero-order valence-corrected chi connectivity index (χ0v) is 14.4. The first-order valence-electron chi connectivity index (χ1n) is 6.67. The van der Waals surface area contributed by atoms with Gasteiger partial charge < -0.3 is 9.26 Å². The summed E-state index contributed by atoms with van der Waals surface area (Å²) in [6.07, 6.45) is -0.122. The zero-order chi connectivity index (χ0) is 15.5. The summed E-state index contributed by atoms with van der Waals surface area (Å²) in [6.45, 7) is 9.35. The predicted octanol–water partition coefficient (Wildman–Crippen LogP) is 4.18. The first-order chi connectivity index (χ1) is 9.49. The number of esters is 1. The van der Waals surface area contributed by atoms with E-state index in [9.17, 15) is 4.79 Å². The topological polar surface area (TPSA) is 47.6 Å². The Morgan fingerprint density at radius 3 is 2.25 bits per heavy atom. The third kappa shape index (κ3) is 8.41. The van der Waals surface area contributed by atoms with Crippen molar-refractivity contribution in [2.45, 2.75) is 46.8 Å². The van der Waals surface area contributed by atoms with Crippen molar-refractivity contribution >= 4 is 25.7 Å². The highest BCUT2D eigenvalue weighted by molar-refractivity contribution is 8.43. The van der Waals surface area contributed by atoms with Crippen molar-refractivity contribution < 1.29 is 14.1 Å². The Bertz CT molecular complexity index is 376. The van der Waals surface area contributed by atoms with E-state index in [1.165, 1.54) is 0 Å². The van der Waals surface area contributed by atoms with E-state index in [0.717, 1.165) is 5.75 Å². The van der Waals surface area contributed by atoms with Crippen LogP contribution in [0.1, 0.15) is 34.6 Å². The molecule has 20 heavy (non-hydrogen) atoms. The predicted molar refractivity (Wildman–Crippen MR) is 88.1 cm³/mol. The maximum Gasteiger partial charge on any atom is 0.323 e. The summed E-state index contributed by atoms with van der Waals surface area (Å²) < 4.78 is 10.6. The molecule has 1 aromatic rings. The van der Waals surface area contributed by atoms with E-state index in [4.69, 9.17) is 9.26 Å². The Balaban J connectivity index is 0.00000172. The van der Waals surface area contributed by atoms with E-state index in [0.29, 0.717) is 0 Å². The Kier molecular flexibility index (Phi) is 10.5. The molecule has 1 aromatic carbocycles. The van der Waals surface area contributed by atoms with E-state index < -0.39 is 13.5 Å². The number of carbonyl (C=O) groups is 1. The summed E-state index contributed by atoms with van der Waals surface area (Å²) in [5.74, 6) is 0.416. The van der Waals surface area contributed by atoms with E-state index in [2.05, 4.69) is 17.3 Å². The van der Waals surface area contributed by atoms with Gasteiger partial charge in [0.1, 0.15) is 11.8 Å². The zero-order valence-electron chi connectivity index (χ0n) is 12.7. The molecular formula is C14H24NO3PS. The number of thiol groups is 1. The molecule has 0 bridgehead atoms. The van der Waals surface area contributed by atoms with E-state index in [-0.39, 0.29) is 12.1 Å². The number of hydrogen-bond acceptors (Lipinski definition) is 5. The van der Waals surface area contributed by atoms with Crippen molar-refractivity contribution in [2.24, 2.45) is 0 Å². The molecule has 6 heteroatoms. The summed E-state index contributed by atoms with van der Waals surface area (Å²) in [5, 5.41) is 2.97. The van der Waals surface area contributed by atoms with Crippen LogP contribution in [-0.4, -0.2) is 18.1 Å². The summed E-state index contributed by atoms with van der Waals surface area (Å²) >= 11 is 4.29. The van der Waals surface area contributed by atoms with Crippen LogP contribution >= 0.6 is 19.7 Å². The molecule has 0 fully saturated rings. The largest absolute Gasteiger partial charge is 0.462 e. The number of ether oxygens (including phenoxy) is 1. The Hall–Kier alpha value is -0.770. The Labute approximate surface area is 128 Å². The number of nitrogens with one attached hydrogen (secondary N) is 1. The van der Waals surface area contributed by atoms with Crippen molar-refractivity contribution in [1.29, 1.82) is 0 Å². The molecule has 0 heterocycles. The van der Waals surface area contributed by atoms with Crippen LogP contribution in [-0.2, 0) is 9.53 Å². The van der Waals surface area contributed by atoms with Gasteiger partial charge in [0, 0.05) is 0 Å². The van der Waals surface area contributed by atoms with Crippen molar-refractivity contribution in [1.82, 2.24) is 5.09 Å². The summed E-state index contributed by atoms with van der Waals surface area (Å²) in [7, 11) is -1.21. The van der Waals surface area contributed by atoms with Gasteiger partial charge in [0.15, 0.2) is 0 Å². The maximum absolute atomic E-state index is 11.6. The van der Waals surface area contributed by atoms with Crippen LogP contribution in [0.25, 0.3) is 0 Å². The van der Waals surface area contributed by atoms with Crippen molar-refractivity contribution in [3.63, 3.8) is 0 Å². The van der Waals surface area contributed by atoms with Crippen molar-refractivity contribution in [3.8, 4) is 5.75 Å². The van der Waals surface area contributed by atoms with Crippen molar-refractivity contribution in [2.75, 3.05) is 0 Å². The SMILES string of the molecule is CC.CC(C)OC(=O)C(C)NP(S)Oc1ccccc1. The van der Waals surface area contributed by atoms with Crippen LogP contribution in [0, 0.1) is 0 Å². The van der Waals surface area contributed by atoms with Crippen LogP contribution in [0.15, 0.2) is 30.3 Å². The lowest BCUT2D eigenvalue weighted by molar-refractivity contribution is -0.148. The number of para-hydroxylation sites is 1. The second-order valence-electron chi connectivity index (χ2n) is 4.01. The second kappa shape index (κ2) is 11.0. The first-order valence-corrected chi connectivity index (χ1v) is 9.09. The van der Waals surface area contributed by atoms with Gasteiger partial charge in [-0.1, -0.05) is 44.3 Å². The van der Waals surface area contributed by atoms with Crippen molar-refractivity contribution in [3.05, 3.63) is 30.3 Å². The van der Waals surface area contributed by atoms with Crippen LogP contribution in [0.3, 0.4) is 0 Å². The molecule has 1 N–H and O–H groups in total. The molecule has 0 radical (unpaired) electrons. The summed E-state index contributed by atoms with van der Waals surface area (Å²) in [6, 6.07) is 8.89. The molecule has 114 valence electrons. The molecule has 0 amide bonds. The smallest absolute Gasteiger partial charge is 0.323 e. The van der Waals surface area contributed by atoms with Gasteiger partial charge >= 0.3 is 5.97 Å². The second-order valence-corrected chi connectivity index (χ2v) is 6.09. The molecule has 1 rings (SSSR count). The molecular weight excluding hydrogens is 293 g/mol. The molecule has 0 aliphatic heterocycles. The van der Waals surface area contributed by atoms with Crippen LogP contribution in [0.5, 0.6) is 5.75 Å². The molecule has 0 saturated heterocycles.